The Hall–Kier alpha value is -2.96. The van der Waals surface area contributed by atoms with E-state index in [9.17, 15) is 4.79 Å². The first-order valence-electron chi connectivity index (χ1n) is 11.9. The highest BCUT2D eigenvalue weighted by Crippen LogP contribution is 2.33. The molecule has 2 fully saturated rings. The summed E-state index contributed by atoms with van der Waals surface area (Å²) in [6.45, 7) is 9.34. The summed E-state index contributed by atoms with van der Waals surface area (Å²) in [5.41, 5.74) is 4.57. The van der Waals surface area contributed by atoms with Crippen molar-refractivity contribution in [2.75, 3.05) is 24.5 Å². The van der Waals surface area contributed by atoms with Gasteiger partial charge in [-0.15, -0.1) is 0 Å². The number of pyridine rings is 1. The number of fused-ring (bicyclic) bond motifs is 1. The molecule has 2 saturated heterocycles. The molecule has 0 N–H and O–H groups in total. The van der Waals surface area contributed by atoms with Crippen LogP contribution < -0.4 is 4.90 Å². The number of carbonyl (C=O) groups excluding carboxylic acids is 1. The van der Waals surface area contributed by atoms with Gasteiger partial charge in [-0.2, -0.15) is 5.10 Å². The van der Waals surface area contributed by atoms with Crippen molar-refractivity contribution in [3.63, 3.8) is 0 Å². The lowest BCUT2D eigenvalue weighted by Gasteiger charge is -2.34. The van der Waals surface area contributed by atoms with E-state index in [-0.39, 0.29) is 11.9 Å². The molecule has 3 aromatic heterocycles. The van der Waals surface area contributed by atoms with Crippen molar-refractivity contribution >= 4 is 17.4 Å². The number of hydrogen-bond acceptors (Lipinski definition) is 5. The molecule has 2 aliphatic heterocycles. The molecule has 5 heterocycles. The molecular weight excluding hydrogens is 400 g/mol. The fourth-order valence-corrected chi connectivity index (χ4v) is 5.07. The van der Waals surface area contributed by atoms with Gasteiger partial charge >= 0.3 is 0 Å². The Morgan fingerprint density at radius 3 is 2.84 bits per heavy atom. The highest BCUT2D eigenvalue weighted by atomic mass is 16.2. The van der Waals surface area contributed by atoms with Gasteiger partial charge < -0.3 is 9.80 Å². The van der Waals surface area contributed by atoms with Gasteiger partial charge in [0, 0.05) is 43.7 Å². The lowest BCUT2D eigenvalue weighted by molar-refractivity contribution is 0.0599. The monoisotopic (exact) mass is 432 g/mol. The van der Waals surface area contributed by atoms with Crippen LogP contribution in [0.3, 0.4) is 0 Å². The van der Waals surface area contributed by atoms with Crippen molar-refractivity contribution in [3.8, 4) is 0 Å². The first kappa shape index (κ1) is 20.9. The van der Waals surface area contributed by atoms with Gasteiger partial charge in [-0.25, -0.2) is 9.50 Å². The summed E-state index contributed by atoms with van der Waals surface area (Å²) >= 11 is 0. The largest absolute Gasteiger partial charge is 0.356 e. The van der Waals surface area contributed by atoms with E-state index in [1.807, 2.05) is 21.5 Å². The van der Waals surface area contributed by atoms with E-state index in [1.165, 1.54) is 6.42 Å². The number of hydrogen-bond donors (Lipinski definition) is 0. The van der Waals surface area contributed by atoms with Crippen LogP contribution in [-0.2, 0) is 6.42 Å². The number of piperidine rings is 1. The Balaban J connectivity index is 1.46. The molecule has 7 heteroatoms. The predicted octanol–water partition coefficient (Wildman–Crippen LogP) is 4.21. The molecule has 0 unspecified atom stereocenters. The molecule has 0 radical (unpaired) electrons. The summed E-state index contributed by atoms with van der Waals surface area (Å²) in [6.07, 6.45) is 8.93. The summed E-state index contributed by atoms with van der Waals surface area (Å²) in [5.74, 6) is 1.76. The molecule has 168 valence electrons. The van der Waals surface area contributed by atoms with Gasteiger partial charge in [-0.05, 0) is 62.6 Å². The Morgan fingerprint density at radius 1 is 1.19 bits per heavy atom. The molecule has 2 atom stereocenters. The summed E-state index contributed by atoms with van der Waals surface area (Å²) < 4.78 is 1.88. The quantitative estimate of drug-likeness (QED) is 0.618. The third-order valence-corrected chi connectivity index (χ3v) is 6.90. The first-order valence-corrected chi connectivity index (χ1v) is 11.9. The average molecular weight is 433 g/mol. The molecule has 3 aromatic rings. The van der Waals surface area contributed by atoms with Gasteiger partial charge in [0.05, 0.1) is 11.7 Å². The number of aromatic nitrogens is 4. The fraction of sp³-hybridized carbons (Fsp3) is 0.520. The van der Waals surface area contributed by atoms with Gasteiger partial charge in [0.1, 0.15) is 11.5 Å². The second-order valence-corrected chi connectivity index (χ2v) is 9.37. The molecule has 2 aliphatic rings. The molecule has 0 bridgehead atoms. The van der Waals surface area contributed by atoms with Gasteiger partial charge in [-0.3, -0.25) is 9.78 Å². The highest BCUT2D eigenvalue weighted by Gasteiger charge is 2.31. The second kappa shape index (κ2) is 8.52. The summed E-state index contributed by atoms with van der Waals surface area (Å²) in [6, 6.07) is 5.92. The minimum Gasteiger partial charge on any atom is -0.356 e. The Morgan fingerprint density at radius 2 is 2.06 bits per heavy atom. The maximum Gasteiger partial charge on any atom is 0.273 e. The smallest absolute Gasteiger partial charge is 0.273 e. The van der Waals surface area contributed by atoms with Crippen LogP contribution in [0, 0.1) is 12.8 Å². The standard InChI is InChI=1S/C25H32N6O/c1-4-19-8-10-26-21(13-19)25(32)30-11-6-5-7-22(30)20-14-23-27-24(18(3)16-31(23)28-20)29-12-9-17(2)15-29/h8,10,13-14,16-17,22H,4-7,9,11-12,15H2,1-3H3/t17-,22-/m0/s1. The van der Waals surface area contributed by atoms with E-state index >= 15 is 0 Å². The van der Waals surface area contributed by atoms with E-state index in [1.54, 1.807) is 6.20 Å². The lowest BCUT2D eigenvalue weighted by atomic mass is 9.98. The molecular formula is C25H32N6O. The number of rotatable bonds is 4. The maximum absolute atomic E-state index is 13.4. The van der Waals surface area contributed by atoms with Gasteiger partial charge in [0.25, 0.3) is 5.91 Å². The molecule has 0 saturated carbocycles. The summed E-state index contributed by atoms with van der Waals surface area (Å²) in [5, 5.41) is 4.86. The van der Waals surface area contributed by atoms with Crippen LogP contribution in [0.1, 0.15) is 72.9 Å². The van der Waals surface area contributed by atoms with Crippen LogP contribution >= 0.6 is 0 Å². The normalized spacial score (nSPS) is 21.5. The fourth-order valence-electron chi connectivity index (χ4n) is 5.07. The summed E-state index contributed by atoms with van der Waals surface area (Å²) in [7, 11) is 0. The number of nitrogens with zero attached hydrogens (tertiary/aromatic N) is 6. The van der Waals surface area contributed by atoms with Crippen molar-refractivity contribution in [1.82, 2.24) is 24.5 Å². The zero-order chi connectivity index (χ0) is 22.2. The minimum atomic E-state index is -0.0411. The predicted molar refractivity (Wildman–Crippen MR) is 125 cm³/mol. The molecule has 32 heavy (non-hydrogen) atoms. The van der Waals surface area contributed by atoms with E-state index in [4.69, 9.17) is 10.1 Å². The molecule has 7 nitrogen and oxygen atoms in total. The first-order chi connectivity index (χ1) is 15.5. The number of carbonyl (C=O) groups is 1. The molecule has 0 aromatic carbocycles. The van der Waals surface area contributed by atoms with Gasteiger partial charge in [0.2, 0.25) is 0 Å². The van der Waals surface area contributed by atoms with Crippen LogP contribution in [0.4, 0.5) is 5.82 Å². The highest BCUT2D eigenvalue weighted by molar-refractivity contribution is 5.92. The minimum absolute atomic E-state index is 0.00191. The maximum atomic E-state index is 13.4. The van der Waals surface area contributed by atoms with Gasteiger partial charge in [0.15, 0.2) is 5.65 Å². The van der Waals surface area contributed by atoms with Crippen LogP contribution in [-0.4, -0.2) is 50.0 Å². The van der Waals surface area contributed by atoms with Gasteiger partial charge in [-0.1, -0.05) is 13.8 Å². The van der Waals surface area contributed by atoms with E-state index in [0.29, 0.717) is 11.6 Å². The molecule has 0 spiro atoms. The number of amides is 1. The SMILES string of the molecule is CCc1ccnc(C(=O)N2CCCC[C@H]2c2cc3nc(N4CC[C@H](C)C4)c(C)cn3n2)c1. The number of anilines is 1. The number of aryl methyl sites for hydroxylation is 2. The average Bonchev–Trinajstić information content (AvgIpc) is 3.43. The lowest BCUT2D eigenvalue weighted by Crippen LogP contribution is -2.39. The molecule has 5 rings (SSSR count). The van der Waals surface area contributed by atoms with E-state index in [2.05, 4.69) is 42.9 Å². The third-order valence-electron chi connectivity index (χ3n) is 6.90. The zero-order valence-electron chi connectivity index (χ0n) is 19.3. The topological polar surface area (TPSA) is 66.6 Å². The van der Waals surface area contributed by atoms with Crippen molar-refractivity contribution in [2.45, 2.75) is 58.9 Å². The van der Waals surface area contributed by atoms with Crippen molar-refractivity contribution in [2.24, 2.45) is 5.92 Å². The van der Waals surface area contributed by atoms with Crippen LogP contribution in [0.2, 0.25) is 0 Å². The summed E-state index contributed by atoms with van der Waals surface area (Å²) in [4.78, 5) is 27.1. The van der Waals surface area contributed by atoms with Crippen molar-refractivity contribution in [1.29, 1.82) is 0 Å². The Labute approximate surface area is 189 Å². The molecule has 1 amide bonds. The van der Waals surface area contributed by atoms with Crippen molar-refractivity contribution < 1.29 is 4.79 Å². The third kappa shape index (κ3) is 3.85. The zero-order valence-corrected chi connectivity index (χ0v) is 19.3. The van der Waals surface area contributed by atoms with Crippen LogP contribution in [0.15, 0.2) is 30.6 Å². The van der Waals surface area contributed by atoms with E-state index < -0.39 is 0 Å². The Kier molecular flexibility index (Phi) is 5.57. The number of likely N-dealkylation sites (tertiary alicyclic amines) is 1. The van der Waals surface area contributed by atoms with Crippen molar-refractivity contribution in [3.05, 3.63) is 53.1 Å². The van der Waals surface area contributed by atoms with Crippen LogP contribution in [0.5, 0.6) is 0 Å². The molecule has 0 aliphatic carbocycles. The van der Waals surface area contributed by atoms with Crippen LogP contribution in [0.25, 0.3) is 5.65 Å². The van der Waals surface area contributed by atoms with E-state index in [0.717, 1.165) is 73.6 Å². The Bertz CT molecular complexity index is 1140. The second-order valence-electron chi connectivity index (χ2n) is 9.37.